The predicted molar refractivity (Wildman–Crippen MR) is 139 cm³/mol. The summed E-state index contributed by atoms with van der Waals surface area (Å²) in [5.41, 5.74) is 2.51. The zero-order valence-corrected chi connectivity index (χ0v) is 20.7. The molecule has 0 bridgehead atoms. The maximum atomic E-state index is 13.1. The van der Waals surface area contributed by atoms with E-state index in [1.54, 1.807) is 54.6 Å². The van der Waals surface area contributed by atoms with E-state index in [1.807, 2.05) is 0 Å². The number of amides is 1. The molecule has 192 valence electrons. The quantitative estimate of drug-likeness (QED) is 0.317. The molecular weight excluding hydrogens is 498 g/mol. The normalized spacial score (nSPS) is 10.0. The summed E-state index contributed by atoms with van der Waals surface area (Å²) < 4.78 is 16.4. The summed E-state index contributed by atoms with van der Waals surface area (Å²) in [6.45, 7) is 0.179. The first-order valence-corrected chi connectivity index (χ1v) is 11.6. The van der Waals surface area contributed by atoms with Gasteiger partial charge in [-0.3, -0.25) is 4.79 Å². The first-order chi connectivity index (χ1) is 19.0. The van der Waals surface area contributed by atoms with Crippen LogP contribution < -0.4 is 14.8 Å². The van der Waals surface area contributed by atoms with Crippen molar-refractivity contribution in [2.75, 3.05) is 12.4 Å². The Morgan fingerprint density at radius 3 is 1.87 bits per heavy atom. The molecule has 0 atom stereocenters. The zero-order chi connectivity index (χ0) is 27.6. The maximum absolute atomic E-state index is 13.1. The molecule has 10 nitrogen and oxygen atoms in total. The Kier molecular flexibility index (Phi) is 8.42. The van der Waals surface area contributed by atoms with Crippen LogP contribution in [-0.2, 0) is 18.0 Å². The fourth-order valence-corrected chi connectivity index (χ4v) is 3.49. The lowest BCUT2D eigenvalue weighted by atomic mass is 10.1. The highest BCUT2D eigenvalue weighted by Crippen LogP contribution is 2.26. The van der Waals surface area contributed by atoms with Gasteiger partial charge < -0.3 is 19.5 Å². The SMILES string of the molecule is COC(=O)c1cnc(NC(=O)c2cc(OCc3ccccc3C#N)cc(OCc3ccccc3C#N)c2)cn1. The third kappa shape index (κ3) is 6.73. The highest BCUT2D eigenvalue weighted by molar-refractivity contribution is 6.04. The molecule has 1 heterocycles. The molecule has 1 amide bonds. The molecule has 0 unspecified atom stereocenters. The van der Waals surface area contributed by atoms with Crippen molar-refractivity contribution in [1.29, 1.82) is 10.5 Å². The second-order valence-corrected chi connectivity index (χ2v) is 8.04. The number of hydrogen-bond acceptors (Lipinski definition) is 9. The van der Waals surface area contributed by atoms with Crippen LogP contribution in [0, 0.1) is 22.7 Å². The monoisotopic (exact) mass is 519 g/mol. The van der Waals surface area contributed by atoms with Crippen molar-refractivity contribution < 1.29 is 23.8 Å². The van der Waals surface area contributed by atoms with E-state index >= 15 is 0 Å². The van der Waals surface area contributed by atoms with Crippen LogP contribution in [0.25, 0.3) is 0 Å². The molecule has 10 heteroatoms. The lowest BCUT2D eigenvalue weighted by molar-refractivity contribution is 0.0593. The van der Waals surface area contributed by atoms with E-state index < -0.39 is 11.9 Å². The standard InChI is InChI=1S/C29H21N5O5/c1-37-29(36)26-15-33-27(16-32-26)34-28(35)23-10-24(38-17-21-8-4-2-6-19(21)13-30)12-25(11-23)39-18-22-9-5-3-7-20(22)14-31/h2-12,15-16H,17-18H2,1H3,(H,33,34,35). The molecule has 4 rings (SSSR count). The van der Waals surface area contributed by atoms with E-state index in [0.29, 0.717) is 33.8 Å². The third-order valence-electron chi connectivity index (χ3n) is 5.49. The number of nitrogens with one attached hydrogen (secondary N) is 1. The van der Waals surface area contributed by atoms with E-state index in [0.717, 1.165) is 0 Å². The molecule has 0 aliphatic heterocycles. The third-order valence-corrected chi connectivity index (χ3v) is 5.49. The number of rotatable bonds is 9. The molecule has 0 fully saturated rings. The Labute approximate surface area is 224 Å². The van der Waals surface area contributed by atoms with Crippen molar-refractivity contribution in [3.05, 3.63) is 113 Å². The number of carbonyl (C=O) groups excluding carboxylic acids is 2. The van der Waals surface area contributed by atoms with Crippen LogP contribution in [0.3, 0.4) is 0 Å². The number of carbonyl (C=O) groups is 2. The highest BCUT2D eigenvalue weighted by atomic mass is 16.5. The smallest absolute Gasteiger partial charge is 0.358 e. The number of methoxy groups -OCH3 is 1. The number of esters is 1. The fraction of sp³-hybridized carbons (Fsp3) is 0.103. The number of hydrogen-bond donors (Lipinski definition) is 1. The number of ether oxygens (including phenoxy) is 3. The summed E-state index contributed by atoms with van der Waals surface area (Å²) in [4.78, 5) is 32.6. The van der Waals surface area contributed by atoms with E-state index in [9.17, 15) is 20.1 Å². The lowest BCUT2D eigenvalue weighted by Crippen LogP contribution is -2.14. The fourth-order valence-electron chi connectivity index (χ4n) is 3.49. The number of anilines is 1. The second kappa shape index (κ2) is 12.5. The molecule has 0 spiro atoms. The van der Waals surface area contributed by atoms with Crippen LogP contribution in [0.5, 0.6) is 11.5 Å². The Balaban J connectivity index is 1.58. The van der Waals surface area contributed by atoms with Gasteiger partial charge in [0, 0.05) is 22.8 Å². The van der Waals surface area contributed by atoms with Gasteiger partial charge in [0.25, 0.3) is 5.91 Å². The largest absolute Gasteiger partial charge is 0.489 e. The van der Waals surface area contributed by atoms with Crippen LogP contribution in [0.15, 0.2) is 79.1 Å². The van der Waals surface area contributed by atoms with Gasteiger partial charge in [0.15, 0.2) is 11.5 Å². The van der Waals surface area contributed by atoms with E-state index in [1.165, 1.54) is 31.6 Å². The minimum absolute atomic E-state index is 0.00289. The maximum Gasteiger partial charge on any atom is 0.358 e. The van der Waals surface area contributed by atoms with Crippen molar-refractivity contribution in [3.8, 4) is 23.6 Å². The van der Waals surface area contributed by atoms with Crippen molar-refractivity contribution in [2.45, 2.75) is 13.2 Å². The zero-order valence-electron chi connectivity index (χ0n) is 20.7. The average molecular weight is 520 g/mol. The van der Waals surface area contributed by atoms with E-state index in [4.69, 9.17) is 9.47 Å². The predicted octanol–water partition coefficient (Wildman–Crippen LogP) is 4.42. The Bertz CT molecular complexity index is 1510. The van der Waals surface area contributed by atoms with Gasteiger partial charge in [-0.1, -0.05) is 36.4 Å². The van der Waals surface area contributed by atoms with Gasteiger partial charge in [0.2, 0.25) is 0 Å². The van der Waals surface area contributed by atoms with E-state index in [2.05, 4.69) is 32.2 Å². The van der Waals surface area contributed by atoms with Crippen LogP contribution in [0.1, 0.15) is 43.1 Å². The van der Waals surface area contributed by atoms with Crippen molar-refractivity contribution in [2.24, 2.45) is 0 Å². The first kappa shape index (κ1) is 26.3. The molecule has 39 heavy (non-hydrogen) atoms. The molecular formula is C29H21N5O5. The lowest BCUT2D eigenvalue weighted by Gasteiger charge is -2.13. The highest BCUT2D eigenvalue weighted by Gasteiger charge is 2.14. The summed E-state index contributed by atoms with van der Waals surface area (Å²) in [5, 5.41) is 21.3. The van der Waals surface area contributed by atoms with Gasteiger partial charge in [-0.15, -0.1) is 0 Å². The molecule has 0 saturated carbocycles. The molecule has 0 aliphatic carbocycles. The van der Waals surface area contributed by atoms with Gasteiger partial charge >= 0.3 is 5.97 Å². The molecule has 0 radical (unpaired) electrons. The van der Waals surface area contributed by atoms with Crippen LogP contribution in [0.4, 0.5) is 5.82 Å². The van der Waals surface area contributed by atoms with Gasteiger partial charge in [-0.2, -0.15) is 10.5 Å². The molecule has 0 aliphatic rings. The Hall–Kier alpha value is -5.74. The molecule has 1 aromatic heterocycles. The van der Waals surface area contributed by atoms with Crippen molar-refractivity contribution >= 4 is 17.7 Å². The average Bonchev–Trinajstić information content (AvgIpc) is 2.99. The molecule has 3 aromatic carbocycles. The van der Waals surface area contributed by atoms with Gasteiger partial charge in [-0.05, 0) is 24.3 Å². The number of aromatic nitrogens is 2. The van der Waals surface area contributed by atoms with Crippen molar-refractivity contribution in [3.63, 3.8) is 0 Å². The number of benzene rings is 3. The minimum Gasteiger partial charge on any atom is -0.489 e. The number of nitriles is 2. The number of nitrogens with zero attached hydrogens (tertiary/aromatic N) is 4. The summed E-state index contributed by atoms with van der Waals surface area (Å²) in [7, 11) is 1.23. The van der Waals surface area contributed by atoms with Gasteiger partial charge in [-0.25, -0.2) is 14.8 Å². The van der Waals surface area contributed by atoms with Crippen LogP contribution >= 0.6 is 0 Å². The first-order valence-electron chi connectivity index (χ1n) is 11.6. The van der Waals surface area contributed by atoms with Crippen molar-refractivity contribution in [1.82, 2.24) is 9.97 Å². The minimum atomic E-state index is -0.650. The Morgan fingerprint density at radius 1 is 0.821 bits per heavy atom. The molecule has 4 aromatic rings. The molecule has 0 saturated heterocycles. The second-order valence-electron chi connectivity index (χ2n) is 8.04. The summed E-state index contributed by atoms with van der Waals surface area (Å²) >= 11 is 0. The summed E-state index contributed by atoms with van der Waals surface area (Å²) in [6, 6.07) is 23.0. The topological polar surface area (TPSA) is 147 Å². The Morgan fingerprint density at radius 2 is 1.38 bits per heavy atom. The van der Waals surface area contributed by atoms with Gasteiger partial charge in [0.1, 0.15) is 24.7 Å². The van der Waals surface area contributed by atoms with Gasteiger partial charge in [0.05, 0.1) is 42.8 Å². The molecule has 1 N–H and O–H groups in total. The summed E-state index contributed by atoms with van der Waals surface area (Å²) in [5.74, 6) is -0.410. The van der Waals surface area contributed by atoms with Crippen LogP contribution in [0.2, 0.25) is 0 Å². The summed E-state index contributed by atoms with van der Waals surface area (Å²) in [6.07, 6.45) is 2.42. The van der Waals surface area contributed by atoms with Crippen LogP contribution in [-0.4, -0.2) is 29.0 Å². The van der Waals surface area contributed by atoms with E-state index in [-0.39, 0.29) is 30.3 Å².